The molecule has 2 aliphatic heterocycles. The Kier molecular flexibility index (Phi) is 6.33. The van der Waals surface area contributed by atoms with Crippen molar-refractivity contribution in [2.24, 2.45) is 20.0 Å². The summed E-state index contributed by atoms with van der Waals surface area (Å²) in [6.07, 6.45) is 1.44. The fourth-order valence-electron chi connectivity index (χ4n) is 4.73. The van der Waals surface area contributed by atoms with Gasteiger partial charge in [-0.2, -0.15) is 0 Å². The van der Waals surface area contributed by atoms with Crippen LogP contribution < -0.4 is 21.0 Å². The van der Waals surface area contributed by atoms with E-state index in [0.29, 0.717) is 32.0 Å². The SMILES string of the molecule is Cc1ccc(Cl)cc1N1CCN(C(=O)C2CCN(c3cc(=O)n(C)c(=O)n3C)CC2)CC1. The average Bonchev–Trinajstić information content (AvgIpc) is 2.81. The Labute approximate surface area is 192 Å². The van der Waals surface area contributed by atoms with E-state index in [4.69, 9.17) is 11.6 Å². The van der Waals surface area contributed by atoms with Gasteiger partial charge in [-0.05, 0) is 37.5 Å². The molecule has 172 valence electrons. The van der Waals surface area contributed by atoms with E-state index in [-0.39, 0.29) is 23.1 Å². The molecule has 0 atom stereocenters. The van der Waals surface area contributed by atoms with Gasteiger partial charge in [0.25, 0.3) is 5.56 Å². The first-order valence-corrected chi connectivity index (χ1v) is 11.5. The number of piperazine rings is 1. The van der Waals surface area contributed by atoms with Gasteiger partial charge in [-0.3, -0.25) is 18.7 Å². The van der Waals surface area contributed by atoms with Gasteiger partial charge in [0.2, 0.25) is 5.91 Å². The Morgan fingerprint density at radius 1 is 0.906 bits per heavy atom. The van der Waals surface area contributed by atoms with Crippen molar-refractivity contribution in [3.05, 3.63) is 55.7 Å². The number of aromatic nitrogens is 2. The largest absolute Gasteiger partial charge is 0.368 e. The molecule has 0 spiro atoms. The zero-order valence-electron chi connectivity index (χ0n) is 18.9. The summed E-state index contributed by atoms with van der Waals surface area (Å²) in [5.74, 6) is 0.814. The quantitative estimate of drug-likeness (QED) is 0.697. The molecular formula is C23H30ClN5O3. The number of aryl methyl sites for hydroxylation is 1. The highest BCUT2D eigenvalue weighted by molar-refractivity contribution is 6.30. The van der Waals surface area contributed by atoms with Crippen molar-refractivity contribution in [1.82, 2.24) is 14.0 Å². The van der Waals surface area contributed by atoms with Gasteiger partial charge < -0.3 is 14.7 Å². The molecule has 0 aliphatic carbocycles. The first-order chi connectivity index (χ1) is 15.3. The third kappa shape index (κ3) is 4.28. The first kappa shape index (κ1) is 22.5. The van der Waals surface area contributed by atoms with Gasteiger partial charge in [-0.25, -0.2) is 4.79 Å². The second kappa shape index (κ2) is 9.02. The maximum absolute atomic E-state index is 13.1. The van der Waals surface area contributed by atoms with Crippen LogP contribution in [0.4, 0.5) is 11.5 Å². The molecule has 4 rings (SSSR count). The number of amides is 1. The van der Waals surface area contributed by atoms with Crippen molar-refractivity contribution in [2.75, 3.05) is 49.1 Å². The minimum absolute atomic E-state index is 0.0192. The maximum Gasteiger partial charge on any atom is 0.332 e. The molecule has 2 aromatic rings. The van der Waals surface area contributed by atoms with Crippen LogP contribution in [0.2, 0.25) is 5.02 Å². The molecule has 32 heavy (non-hydrogen) atoms. The molecular weight excluding hydrogens is 430 g/mol. The summed E-state index contributed by atoms with van der Waals surface area (Å²) in [4.78, 5) is 43.7. The van der Waals surface area contributed by atoms with Crippen molar-refractivity contribution in [3.8, 4) is 0 Å². The van der Waals surface area contributed by atoms with Crippen LogP contribution in [0.15, 0.2) is 33.9 Å². The van der Waals surface area contributed by atoms with E-state index in [1.807, 2.05) is 28.0 Å². The first-order valence-electron chi connectivity index (χ1n) is 11.1. The number of carbonyl (C=O) groups excluding carboxylic acids is 1. The Bertz CT molecular complexity index is 1130. The van der Waals surface area contributed by atoms with Crippen molar-refractivity contribution in [3.63, 3.8) is 0 Å². The zero-order chi connectivity index (χ0) is 23.0. The molecule has 1 amide bonds. The summed E-state index contributed by atoms with van der Waals surface area (Å²) in [5.41, 5.74) is 1.68. The third-order valence-electron chi connectivity index (χ3n) is 6.77. The van der Waals surface area contributed by atoms with E-state index in [1.54, 1.807) is 7.05 Å². The lowest BCUT2D eigenvalue weighted by molar-refractivity contribution is -0.136. The van der Waals surface area contributed by atoms with Crippen LogP contribution in [0.1, 0.15) is 18.4 Å². The molecule has 0 unspecified atom stereocenters. The molecule has 0 N–H and O–H groups in total. The fraction of sp³-hybridized carbons (Fsp3) is 0.522. The minimum Gasteiger partial charge on any atom is -0.368 e. The number of piperidine rings is 1. The van der Waals surface area contributed by atoms with E-state index in [9.17, 15) is 14.4 Å². The van der Waals surface area contributed by atoms with Crippen molar-refractivity contribution in [2.45, 2.75) is 19.8 Å². The smallest absolute Gasteiger partial charge is 0.332 e. The maximum atomic E-state index is 13.1. The van der Waals surface area contributed by atoms with Crippen molar-refractivity contribution >= 4 is 29.0 Å². The van der Waals surface area contributed by atoms with Crippen LogP contribution in [-0.4, -0.2) is 59.2 Å². The highest BCUT2D eigenvalue weighted by atomic mass is 35.5. The zero-order valence-corrected chi connectivity index (χ0v) is 19.6. The molecule has 0 saturated carbocycles. The summed E-state index contributed by atoms with van der Waals surface area (Å²) in [7, 11) is 3.16. The van der Waals surface area contributed by atoms with Crippen molar-refractivity contribution in [1.29, 1.82) is 0 Å². The van der Waals surface area contributed by atoms with Crippen LogP contribution in [0, 0.1) is 12.8 Å². The van der Waals surface area contributed by atoms with E-state index < -0.39 is 0 Å². The second-order valence-electron chi connectivity index (χ2n) is 8.75. The lowest BCUT2D eigenvalue weighted by atomic mass is 9.95. The van der Waals surface area contributed by atoms with Crippen LogP contribution >= 0.6 is 11.6 Å². The molecule has 1 aromatic carbocycles. The Hall–Kier alpha value is -2.74. The highest BCUT2D eigenvalue weighted by Crippen LogP contribution is 2.27. The number of rotatable bonds is 3. The monoisotopic (exact) mass is 459 g/mol. The molecule has 2 aliphatic rings. The van der Waals surface area contributed by atoms with Gasteiger partial charge in [-0.1, -0.05) is 17.7 Å². The van der Waals surface area contributed by atoms with Gasteiger partial charge in [0.1, 0.15) is 5.82 Å². The summed E-state index contributed by atoms with van der Waals surface area (Å²) in [6, 6.07) is 7.42. The number of nitrogens with zero attached hydrogens (tertiary/aromatic N) is 5. The lowest BCUT2D eigenvalue weighted by Gasteiger charge is -2.40. The Balaban J connectivity index is 1.35. The van der Waals surface area contributed by atoms with Crippen LogP contribution in [0.3, 0.4) is 0 Å². The van der Waals surface area contributed by atoms with E-state index >= 15 is 0 Å². The average molecular weight is 460 g/mol. The van der Waals surface area contributed by atoms with Crippen LogP contribution in [-0.2, 0) is 18.9 Å². The standard InChI is InChI=1S/C23H30ClN5O3/c1-16-4-5-18(24)14-19(16)27-10-12-29(13-11-27)22(31)17-6-8-28(9-7-17)20-15-21(30)26(3)23(32)25(20)2/h4-5,14-15,17H,6-13H2,1-3H3. The molecule has 2 fully saturated rings. The number of anilines is 2. The van der Waals surface area contributed by atoms with Gasteiger partial charge >= 0.3 is 5.69 Å². The minimum atomic E-state index is -0.335. The number of carbonyl (C=O) groups is 1. The molecule has 2 saturated heterocycles. The predicted octanol–water partition coefficient (Wildman–Crippen LogP) is 1.61. The lowest BCUT2D eigenvalue weighted by Crippen LogP contribution is -2.52. The molecule has 9 heteroatoms. The Morgan fingerprint density at radius 3 is 2.22 bits per heavy atom. The van der Waals surface area contributed by atoms with Gasteiger partial charge in [-0.15, -0.1) is 0 Å². The summed E-state index contributed by atoms with van der Waals surface area (Å²) in [5, 5.41) is 0.727. The number of hydrogen-bond acceptors (Lipinski definition) is 5. The van der Waals surface area contributed by atoms with Gasteiger partial charge in [0, 0.05) is 76.1 Å². The van der Waals surface area contributed by atoms with E-state index in [1.165, 1.54) is 23.2 Å². The van der Waals surface area contributed by atoms with E-state index in [2.05, 4.69) is 11.8 Å². The number of halogens is 1. The molecule has 0 radical (unpaired) electrons. The summed E-state index contributed by atoms with van der Waals surface area (Å²) >= 11 is 6.17. The van der Waals surface area contributed by atoms with Gasteiger partial charge in [0.15, 0.2) is 0 Å². The Morgan fingerprint density at radius 2 is 1.56 bits per heavy atom. The molecule has 8 nitrogen and oxygen atoms in total. The van der Waals surface area contributed by atoms with Crippen LogP contribution in [0.5, 0.6) is 0 Å². The molecule has 1 aromatic heterocycles. The van der Waals surface area contributed by atoms with E-state index in [0.717, 1.165) is 41.2 Å². The molecule has 3 heterocycles. The number of hydrogen-bond donors (Lipinski definition) is 0. The predicted molar refractivity (Wildman–Crippen MR) is 127 cm³/mol. The third-order valence-corrected chi connectivity index (χ3v) is 7.01. The number of benzene rings is 1. The second-order valence-corrected chi connectivity index (χ2v) is 9.18. The van der Waals surface area contributed by atoms with Gasteiger partial charge in [0.05, 0.1) is 0 Å². The summed E-state index contributed by atoms with van der Waals surface area (Å²) in [6.45, 7) is 6.37. The summed E-state index contributed by atoms with van der Waals surface area (Å²) < 4.78 is 2.60. The topological polar surface area (TPSA) is 70.8 Å². The van der Waals surface area contributed by atoms with Crippen LogP contribution in [0.25, 0.3) is 0 Å². The normalized spacial score (nSPS) is 17.7. The highest BCUT2D eigenvalue weighted by Gasteiger charge is 2.31. The fourth-order valence-corrected chi connectivity index (χ4v) is 4.90. The van der Waals surface area contributed by atoms with Crippen molar-refractivity contribution < 1.29 is 4.79 Å². The molecule has 0 bridgehead atoms.